The van der Waals surface area contributed by atoms with Crippen LogP contribution in [0, 0.1) is 11.7 Å². The minimum atomic E-state index is -0.198. The van der Waals surface area contributed by atoms with Crippen molar-refractivity contribution < 1.29 is 4.39 Å². The van der Waals surface area contributed by atoms with Crippen molar-refractivity contribution in [2.24, 2.45) is 11.7 Å². The van der Waals surface area contributed by atoms with E-state index >= 15 is 0 Å². The lowest BCUT2D eigenvalue weighted by atomic mass is 10.0. The molecule has 1 saturated carbocycles. The number of halogens is 2. The van der Waals surface area contributed by atoms with Crippen LogP contribution in [0.15, 0.2) is 24.3 Å². The number of nitrogens with two attached hydrogens (primary N) is 1. The van der Waals surface area contributed by atoms with E-state index in [0.29, 0.717) is 5.92 Å². The highest BCUT2D eigenvalue weighted by Crippen LogP contribution is 2.48. The quantitative estimate of drug-likeness (QED) is 0.742. The van der Waals surface area contributed by atoms with E-state index in [2.05, 4.69) is 6.92 Å². The van der Waals surface area contributed by atoms with Crippen LogP contribution in [0.5, 0.6) is 0 Å². The van der Waals surface area contributed by atoms with Gasteiger partial charge in [0, 0.05) is 5.54 Å². The Balaban J connectivity index is 0.000000845. The molecule has 1 fully saturated rings. The normalized spacial score (nSPS) is 30.8. The maximum Gasteiger partial charge on any atom is 0.123 e. The molecular weight excluding hydrogens is 189 g/mol. The number of rotatable bonds is 1. The summed E-state index contributed by atoms with van der Waals surface area (Å²) in [4.78, 5) is 0. The summed E-state index contributed by atoms with van der Waals surface area (Å²) in [7, 11) is 0. The first-order chi connectivity index (χ1) is 5.63. The Kier molecular flexibility index (Phi) is 2.64. The molecule has 0 bridgehead atoms. The van der Waals surface area contributed by atoms with Gasteiger partial charge >= 0.3 is 0 Å². The Hall–Kier alpha value is -0.600. The van der Waals surface area contributed by atoms with Crippen molar-refractivity contribution in [2.45, 2.75) is 18.9 Å². The van der Waals surface area contributed by atoms with Gasteiger partial charge in [0.1, 0.15) is 5.82 Å². The molecular formula is C10H13ClFN. The zero-order chi connectivity index (χ0) is 8.77. The first kappa shape index (κ1) is 10.5. The Labute approximate surface area is 83.5 Å². The lowest BCUT2D eigenvalue weighted by Gasteiger charge is -2.09. The smallest absolute Gasteiger partial charge is 0.123 e. The van der Waals surface area contributed by atoms with Gasteiger partial charge in [-0.15, -0.1) is 12.4 Å². The zero-order valence-corrected chi connectivity index (χ0v) is 8.27. The van der Waals surface area contributed by atoms with E-state index < -0.39 is 0 Å². The summed E-state index contributed by atoms with van der Waals surface area (Å²) in [6, 6.07) is 6.49. The molecule has 0 radical (unpaired) electrons. The van der Waals surface area contributed by atoms with Gasteiger partial charge in [-0.1, -0.05) is 19.1 Å². The zero-order valence-electron chi connectivity index (χ0n) is 7.46. The van der Waals surface area contributed by atoms with Crippen LogP contribution < -0.4 is 5.73 Å². The molecule has 1 aromatic rings. The van der Waals surface area contributed by atoms with Crippen molar-refractivity contribution in [1.82, 2.24) is 0 Å². The molecule has 0 aromatic heterocycles. The molecule has 72 valence electrons. The van der Waals surface area contributed by atoms with Gasteiger partial charge in [-0.3, -0.25) is 0 Å². The summed E-state index contributed by atoms with van der Waals surface area (Å²) in [5, 5.41) is 0. The molecule has 1 nitrogen and oxygen atoms in total. The highest BCUT2D eigenvalue weighted by atomic mass is 35.5. The van der Waals surface area contributed by atoms with Crippen LogP contribution in [0.2, 0.25) is 0 Å². The molecule has 0 unspecified atom stereocenters. The van der Waals surface area contributed by atoms with Crippen LogP contribution in [0.1, 0.15) is 18.9 Å². The second-order valence-corrected chi connectivity index (χ2v) is 3.65. The summed E-state index contributed by atoms with van der Waals surface area (Å²) < 4.78 is 12.6. The number of hydrogen-bond acceptors (Lipinski definition) is 1. The first-order valence-corrected chi connectivity index (χ1v) is 4.18. The van der Waals surface area contributed by atoms with Gasteiger partial charge < -0.3 is 5.73 Å². The average Bonchev–Trinajstić information content (AvgIpc) is 2.62. The maximum absolute atomic E-state index is 12.6. The second kappa shape index (κ2) is 3.28. The maximum atomic E-state index is 12.6. The standard InChI is InChI=1S/C10H12FN.ClH/c1-7-6-10(7,12)8-2-4-9(11)5-3-8;/h2-5,7H,6,12H2,1H3;1H/t7-,10-;/m1./s1. The van der Waals surface area contributed by atoms with Gasteiger partial charge in [-0.05, 0) is 30.0 Å². The van der Waals surface area contributed by atoms with E-state index in [1.165, 1.54) is 12.1 Å². The molecule has 13 heavy (non-hydrogen) atoms. The van der Waals surface area contributed by atoms with Gasteiger partial charge in [0.15, 0.2) is 0 Å². The van der Waals surface area contributed by atoms with E-state index in [1.54, 1.807) is 12.1 Å². The fourth-order valence-electron chi connectivity index (χ4n) is 1.61. The predicted molar refractivity (Wildman–Crippen MR) is 53.3 cm³/mol. The van der Waals surface area contributed by atoms with Gasteiger partial charge in [0.05, 0.1) is 0 Å². The molecule has 0 amide bonds. The number of hydrogen-bond donors (Lipinski definition) is 1. The van der Waals surface area contributed by atoms with Gasteiger partial charge in [-0.25, -0.2) is 4.39 Å². The summed E-state index contributed by atoms with van der Waals surface area (Å²) in [5.74, 6) is 0.332. The lowest BCUT2D eigenvalue weighted by molar-refractivity contribution is 0.620. The van der Waals surface area contributed by atoms with E-state index in [-0.39, 0.29) is 23.8 Å². The molecule has 1 aliphatic rings. The monoisotopic (exact) mass is 201 g/mol. The van der Waals surface area contributed by atoms with Gasteiger partial charge in [0.2, 0.25) is 0 Å². The highest BCUT2D eigenvalue weighted by molar-refractivity contribution is 5.85. The molecule has 0 spiro atoms. The Morgan fingerprint density at radius 3 is 2.23 bits per heavy atom. The Morgan fingerprint density at radius 2 is 1.85 bits per heavy atom. The molecule has 1 aliphatic carbocycles. The summed E-state index contributed by atoms with van der Waals surface area (Å²) in [6.07, 6.45) is 1.01. The van der Waals surface area contributed by atoms with Crippen LogP contribution >= 0.6 is 12.4 Å². The Bertz CT molecular complexity index is 298. The minimum Gasteiger partial charge on any atom is -0.321 e. The second-order valence-electron chi connectivity index (χ2n) is 3.65. The fraction of sp³-hybridized carbons (Fsp3) is 0.400. The van der Waals surface area contributed by atoms with E-state index in [4.69, 9.17) is 5.73 Å². The molecule has 0 heterocycles. The molecule has 2 N–H and O–H groups in total. The summed E-state index contributed by atoms with van der Waals surface area (Å²) in [6.45, 7) is 2.11. The minimum absolute atomic E-state index is 0. The summed E-state index contributed by atoms with van der Waals surface area (Å²) in [5.41, 5.74) is 6.92. The molecule has 0 aliphatic heterocycles. The van der Waals surface area contributed by atoms with Crippen molar-refractivity contribution >= 4 is 12.4 Å². The molecule has 1 aromatic carbocycles. The van der Waals surface area contributed by atoms with Crippen molar-refractivity contribution in [1.29, 1.82) is 0 Å². The van der Waals surface area contributed by atoms with Crippen LogP contribution in [-0.4, -0.2) is 0 Å². The molecule has 3 heteroatoms. The van der Waals surface area contributed by atoms with E-state index in [9.17, 15) is 4.39 Å². The predicted octanol–water partition coefficient (Wildman–Crippen LogP) is 2.44. The Morgan fingerprint density at radius 1 is 1.38 bits per heavy atom. The lowest BCUT2D eigenvalue weighted by Crippen LogP contribution is -2.21. The average molecular weight is 202 g/mol. The number of benzene rings is 1. The first-order valence-electron chi connectivity index (χ1n) is 4.18. The largest absolute Gasteiger partial charge is 0.321 e. The van der Waals surface area contributed by atoms with Crippen molar-refractivity contribution in [3.8, 4) is 0 Å². The van der Waals surface area contributed by atoms with Crippen LogP contribution in [0.4, 0.5) is 4.39 Å². The van der Waals surface area contributed by atoms with Crippen LogP contribution in [0.25, 0.3) is 0 Å². The van der Waals surface area contributed by atoms with Crippen molar-refractivity contribution in [2.75, 3.05) is 0 Å². The third-order valence-electron chi connectivity index (χ3n) is 2.74. The molecule has 0 saturated heterocycles. The van der Waals surface area contributed by atoms with Crippen molar-refractivity contribution in [3.05, 3.63) is 35.6 Å². The molecule has 2 rings (SSSR count). The fourth-order valence-corrected chi connectivity index (χ4v) is 1.61. The van der Waals surface area contributed by atoms with Crippen LogP contribution in [-0.2, 0) is 5.54 Å². The third kappa shape index (κ3) is 1.69. The molecule has 2 atom stereocenters. The topological polar surface area (TPSA) is 26.0 Å². The SMILES string of the molecule is C[C@@H]1C[C@]1(N)c1ccc(F)cc1.Cl. The summed E-state index contributed by atoms with van der Waals surface area (Å²) >= 11 is 0. The highest BCUT2D eigenvalue weighted by Gasteiger charge is 2.48. The van der Waals surface area contributed by atoms with Gasteiger partial charge in [0.25, 0.3) is 0 Å². The third-order valence-corrected chi connectivity index (χ3v) is 2.74. The van der Waals surface area contributed by atoms with Gasteiger partial charge in [-0.2, -0.15) is 0 Å². The van der Waals surface area contributed by atoms with E-state index in [1.807, 2.05) is 0 Å². The van der Waals surface area contributed by atoms with Crippen LogP contribution in [0.3, 0.4) is 0 Å². The van der Waals surface area contributed by atoms with Crippen molar-refractivity contribution in [3.63, 3.8) is 0 Å². The van der Waals surface area contributed by atoms with E-state index in [0.717, 1.165) is 12.0 Å².